The van der Waals surface area contributed by atoms with Crippen LogP contribution in [0.15, 0.2) is 60.7 Å². The second kappa shape index (κ2) is 9.17. The van der Waals surface area contributed by atoms with E-state index in [0.717, 1.165) is 41.8 Å². The van der Waals surface area contributed by atoms with Crippen molar-refractivity contribution in [1.29, 1.82) is 0 Å². The maximum atomic E-state index is 10.8. The molecule has 1 saturated heterocycles. The number of fused-ring (bicyclic) bond motifs is 1. The number of benzene rings is 3. The van der Waals surface area contributed by atoms with Crippen molar-refractivity contribution in [3.8, 4) is 5.75 Å². The minimum absolute atomic E-state index is 0.494. The van der Waals surface area contributed by atoms with Crippen LogP contribution >= 0.6 is 11.6 Å². The van der Waals surface area contributed by atoms with Crippen LogP contribution < -0.4 is 4.74 Å². The molecular weight excluding hydrogens is 382 g/mol. The second-order valence-electron chi connectivity index (χ2n) is 8.01. The van der Waals surface area contributed by atoms with E-state index in [4.69, 9.17) is 16.3 Å². The minimum atomic E-state index is -0.494. The van der Waals surface area contributed by atoms with Crippen LogP contribution in [-0.2, 0) is 6.42 Å². The molecule has 0 radical (unpaired) electrons. The van der Waals surface area contributed by atoms with Gasteiger partial charge < -0.3 is 14.7 Å². The summed E-state index contributed by atoms with van der Waals surface area (Å²) in [5.74, 6) is 1.41. The second-order valence-corrected chi connectivity index (χ2v) is 8.39. The Morgan fingerprint density at radius 2 is 1.83 bits per heavy atom. The maximum Gasteiger partial charge on any atom is 0.138 e. The molecule has 4 heteroatoms. The number of halogens is 1. The normalized spacial score (nSPS) is 16.8. The van der Waals surface area contributed by atoms with Crippen molar-refractivity contribution in [1.82, 2.24) is 4.90 Å². The first kappa shape index (κ1) is 20.2. The van der Waals surface area contributed by atoms with Crippen molar-refractivity contribution in [2.45, 2.75) is 25.4 Å². The number of hydrogen-bond acceptors (Lipinski definition) is 3. The van der Waals surface area contributed by atoms with E-state index in [-0.39, 0.29) is 0 Å². The number of hydrogen-bond donors (Lipinski definition) is 1. The average molecular weight is 410 g/mol. The van der Waals surface area contributed by atoms with Gasteiger partial charge in [0.1, 0.15) is 5.75 Å². The SMILES string of the molecule is COc1ccc2cc(C(O)CN3CCC(Cc4ccccc4)CC3)ccc2c1Cl. The van der Waals surface area contributed by atoms with E-state index in [1.165, 1.54) is 18.4 Å². The lowest BCUT2D eigenvalue weighted by Gasteiger charge is -2.33. The summed E-state index contributed by atoms with van der Waals surface area (Å²) < 4.78 is 5.29. The molecule has 1 aliphatic heterocycles. The van der Waals surface area contributed by atoms with Gasteiger partial charge in [-0.15, -0.1) is 0 Å². The van der Waals surface area contributed by atoms with Gasteiger partial charge in [-0.25, -0.2) is 0 Å². The lowest BCUT2D eigenvalue weighted by molar-refractivity contribution is 0.0894. The molecule has 29 heavy (non-hydrogen) atoms. The monoisotopic (exact) mass is 409 g/mol. The summed E-state index contributed by atoms with van der Waals surface area (Å²) in [5.41, 5.74) is 2.36. The third kappa shape index (κ3) is 4.75. The number of piperidine rings is 1. The molecule has 0 bridgehead atoms. The van der Waals surface area contributed by atoms with Crippen molar-refractivity contribution in [2.75, 3.05) is 26.7 Å². The minimum Gasteiger partial charge on any atom is -0.495 e. The smallest absolute Gasteiger partial charge is 0.138 e. The van der Waals surface area contributed by atoms with Crippen molar-refractivity contribution < 1.29 is 9.84 Å². The third-order valence-corrected chi connectivity index (χ3v) is 6.44. The average Bonchev–Trinajstić information content (AvgIpc) is 2.76. The predicted molar refractivity (Wildman–Crippen MR) is 120 cm³/mol. The van der Waals surface area contributed by atoms with Gasteiger partial charge in [0.05, 0.1) is 18.2 Å². The molecule has 0 aromatic heterocycles. The van der Waals surface area contributed by atoms with E-state index in [0.29, 0.717) is 17.3 Å². The highest BCUT2D eigenvalue weighted by Gasteiger charge is 2.22. The van der Waals surface area contributed by atoms with E-state index >= 15 is 0 Å². The van der Waals surface area contributed by atoms with E-state index < -0.39 is 6.10 Å². The summed E-state index contributed by atoms with van der Waals surface area (Å²) in [4.78, 5) is 2.39. The molecule has 0 spiro atoms. The molecule has 1 aliphatic rings. The summed E-state index contributed by atoms with van der Waals surface area (Å²) in [6, 6.07) is 20.6. The third-order valence-electron chi connectivity index (χ3n) is 6.05. The topological polar surface area (TPSA) is 32.7 Å². The summed E-state index contributed by atoms with van der Waals surface area (Å²) in [6.07, 6.45) is 3.04. The Morgan fingerprint density at radius 3 is 2.55 bits per heavy atom. The summed E-state index contributed by atoms with van der Waals surface area (Å²) in [7, 11) is 1.62. The van der Waals surface area contributed by atoms with Crippen molar-refractivity contribution in [3.63, 3.8) is 0 Å². The van der Waals surface area contributed by atoms with E-state index in [2.05, 4.69) is 35.2 Å². The summed E-state index contributed by atoms with van der Waals surface area (Å²) >= 11 is 6.41. The highest BCUT2D eigenvalue weighted by Crippen LogP contribution is 2.34. The zero-order valence-electron chi connectivity index (χ0n) is 16.9. The van der Waals surface area contributed by atoms with Crippen LogP contribution in [0.3, 0.4) is 0 Å². The molecule has 0 saturated carbocycles. The molecule has 1 heterocycles. The lowest BCUT2D eigenvalue weighted by atomic mass is 9.90. The Morgan fingerprint density at radius 1 is 1.07 bits per heavy atom. The Bertz CT molecular complexity index is 952. The van der Waals surface area contributed by atoms with Crippen LogP contribution in [0.4, 0.5) is 0 Å². The van der Waals surface area contributed by atoms with Crippen molar-refractivity contribution in [2.24, 2.45) is 5.92 Å². The zero-order chi connectivity index (χ0) is 20.2. The standard InChI is InChI=1S/C25H28ClNO2/c1-29-24-10-8-20-16-21(7-9-22(20)25(24)26)23(28)17-27-13-11-19(12-14-27)15-18-5-3-2-4-6-18/h2-10,16,19,23,28H,11-15,17H2,1H3. The molecule has 3 nitrogen and oxygen atoms in total. The first-order valence-corrected chi connectivity index (χ1v) is 10.7. The fraction of sp³-hybridized carbons (Fsp3) is 0.360. The molecule has 3 aromatic rings. The Hall–Kier alpha value is -2.07. The molecule has 0 amide bonds. The van der Waals surface area contributed by atoms with Crippen LogP contribution in [0.2, 0.25) is 5.02 Å². The molecular formula is C25H28ClNO2. The zero-order valence-corrected chi connectivity index (χ0v) is 17.6. The first-order chi connectivity index (χ1) is 14.1. The van der Waals surface area contributed by atoms with Crippen LogP contribution in [-0.4, -0.2) is 36.8 Å². The number of β-amino-alcohol motifs (C(OH)–C–C–N with tert-alkyl or cyclic N) is 1. The predicted octanol–water partition coefficient (Wildman–Crippen LogP) is 5.49. The molecule has 4 rings (SSSR count). The summed E-state index contributed by atoms with van der Waals surface area (Å²) in [5, 5.41) is 13.4. The van der Waals surface area contributed by atoms with Crippen LogP contribution in [0.25, 0.3) is 10.8 Å². The lowest BCUT2D eigenvalue weighted by Crippen LogP contribution is -2.37. The van der Waals surface area contributed by atoms with Crippen LogP contribution in [0.1, 0.15) is 30.1 Å². The first-order valence-electron chi connectivity index (χ1n) is 10.3. The number of rotatable bonds is 6. The Balaban J connectivity index is 1.35. The maximum absolute atomic E-state index is 10.8. The number of methoxy groups -OCH3 is 1. The fourth-order valence-corrected chi connectivity index (χ4v) is 4.64. The largest absolute Gasteiger partial charge is 0.495 e. The Kier molecular flexibility index (Phi) is 6.39. The van der Waals surface area contributed by atoms with E-state index in [1.807, 2.05) is 30.3 Å². The van der Waals surface area contributed by atoms with E-state index in [9.17, 15) is 5.11 Å². The fourth-order valence-electron chi connectivity index (χ4n) is 4.33. The Labute approximate surface area is 177 Å². The number of likely N-dealkylation sites (tertiary alicyclic amines) is 1. The number of ether oxygens (including phenoxy) is 1. The van der Waals surface area contributed by atoms with Gasteiger partial charge in [0.25, 0.3) is 0 Å². The number of nitrogens with zero attached hydrogens (tertiary/aromatic N) is 1. The van der Waals surface area contributed by atoms with Crippen molar-refractivity contribution in [3.05, 3.63) is 76.8 Å². The van der Waals surface area contributed by atoms with Gasteiger partial charge in [-0.05, 0) is 66.9 Å². The van der Waals surface area contributed by atoms with Gasteiger partial charge in [0, 0.05) is 11.9 Å². The van der Waals surface area contributed by atoms with E-state index in [1.54, 1.807) is 7.11 Å². The van der Waals surface area contributed by atoms with Gasteiger partial charge >= 0.3 is 0 Å². The molecule has 1 fully saturated rings. The molecule has 0 aliphatic carbocycles. The van der Waals surface area contributed by atoms with Gasteiger partial charge in [-0.3, -0.25) is 0 Å². The highest BCUT2D eigenvalue weighted by molar-refractivity contribution is 6.37. The van der Waals surface area contributed by atoms with Gasteiger partial charge in [-0.2, -0.15) is 0 Å². The van der Waals surface area contributed by atoms with Gasteiger partial charge in [-0.1, -0.05) is 60.1 Å². The number of aliphatic hydroxyl groups excluding tert-OH is 1. The van der Waals surface area contributed by atoms with Gasteiger partial charge in [0.2, 0.25) is 0 Å². The van der Waals surface area contributed by atoms with Crippen LogP contribution in [0, 0.1) is 5.92 Å². The molecule has 1 atom stereocenters. The number of aliphatic hydroxyl groups is 1. The summed E-state index contributed by atoms with van der Waals surface area (Å²) in [6.45, 7) is 2.77. The van der Waals surface area contributed by atoms with Gasteiger partial charge in [0.15, 0.2) is 0 Å². The molecule has 1 unspecified atom stereocenters. The molecule has 152 valence electrons. The highest BCUT2D eigenvalue weighted by atomic mass is 35.5. The molecule has 1 N–H and O–H groups in total. The quantitative estimate of drug-likeness (QED) is 0.584. The molecule has 3 aromatic carbocycles. The van der Waals surface area contributed by atoms with Crippen molar-refractivity contribution >= 4 is 22.4 Å². The van der Waals surface area contributed by atoms with Crippen LogP contribution in [0.5, 0.6) is 5.75 Å².